The predicted molar refractivity (Wildman–Crippen MR) is 71.4 cm³/mol. The Kier molecular flexibility index (Phi) is 3.51. The van der Waals surface area contributed by atoms with Gasteiger partial charge in [0.2, 0.25) is 5.91 Å². The summed E-state index contributed by atoms with van der Waals surface area (Å²) in [5, 5.41) is 0. The molecule has 1 aromatic rings. The second-order valence-electron chi connectivity index (χ2n) is 5.02. The van der Waals surface area contributed by atoms with Crippen LogP contribution in [0, 0.1) is 6.92 Å². The zero-order valence-electron chi connectivity index (χ0n) is 11.0. The number of amides is 1. The van der Waals surface area contributed by atoms with Crippen molar-refractivity contribution >= 4 is 11.6 Å². The largest absolute Gasteiger partial charge is 0.309 e. The molecule has 1 aromatic carbocycles. The second kappa shape index (κ2) is 4.91. The molecule has 0 saturated heterocycles. The number of hydrogen-bond acceptors (Lipinski definition) is 1. The van der Waals surface area contributed by atoms with Crippen molar-refractivity contribution in [3.05, 3.63) is 29.3 Å². The third kappa shape index (κ3) is 2.36. The van der Waals surface area contributed by atoms with Crippen LogP contribution in [0.25, 0.3) is 0 Å². The van der Waals surface area contributed by atoms with Gasteiger partial charge in [-0.1, -0.05) is 37.5 Å². The maximum absolute atomic E-state index is 11.8. The number of anilines is 1. The highest BCUT2D eigenvalue weighted by atomic mass is 16.2. The van der Waals surface area contributed by atoms with E-state index >= 15 is 0 Å². The van der Waals surface area contributed by atoms with E-state index in [4.69, 9.17) is 0 Å². The molecule has 0 unspecified atom stereocenters. The van der Waals surface area contributed by atoms with Gasteiger partial charge in [0.15, 0.2) is 0 Å². The minimum atomic E-state index is 0.175. The van der Waals surface area contributed by atoms with Crippen LogP contribution in [-0.4, -0.2) is 11.9 Å². The van der Waals surface area contributed by atoms with Crippen LogP contribution in [-0.2, 0) is 11.2 Å². The Bertz CT molecular complexity index is 425. The average Bonchev–Trinajstić information content (AvgIpc) is 2.63. The van der Waals surface area contributed by atoms with Crippen molar-refractivity contribution in [2.24, 2.45) is 0 Å². The lowest BCUT2D eigenvalue weighted by Crippen LogP contribution is -2.35. The van der Waals surface area contributed by atoms with Crippen molar-refractivity contribution in [2.75, 3.05) is 4.90 Å². The highest BCUT2D eigenvalue weighted by Gasteiger charge is 2.31. The van der Waals surface area contributed by atoms with Crippen molar-refractivity contribution in [1.29, 1.82) is 0 Å². The normalized spacial score (nSPS) is 18.3. The Morgan fingerprint density at radius 2 is 2.24 bits per heavy atom. The molecule has 0 aliphatic carbocycles. The van der Waals surface area contributed by atoms with Crippen LogP contribution in [0.5, 0.6) is 0 Å². The van der Waals surface area contributed by atoms with Gasteiger partial charge in [0.1, 0.15) is 0 Å². The Morgan fingerprint density at radius 1 is 1.47 bits per heavy atom. The molecule has 0 spiro atoms. The molecule has 0 bridgehead atoms. The summed E-state index contributed by atoms with van der Waals surface area (Å²) in [5.74, 6) is 0.175. The zero-order valence-corrected chi connectivity index (χ0v) is 11.0. The van der Waals surface area contributed by atoms with E-state index in [1.807, 2.05) is 4.90 Å². The van der Waals surface area contributed by atoms with E-state index in [1.165, 1.54) is 24.0 Å². The van der Waals surface area contributed by atoms with Gasteiger partial charge in [0.05, 0.1) is 0 Å². The lowest BCUT2D eigenvalue weighted by Gasteiger charge is -2.24. The van der Waals surface area contributed by atoms with E-state index in [0.717, 1.165) is 18.5 Å². The molecule has 2 rings (SSSR count). The number of rotatable bonds is 3. The number of carbonyl (C=O) groups excluding carboxylic acids is 1. The Labute approximate surface area is 104 Å². The zero-order chi connectivity index (χ0) is 12.4. The Balaban J connectivity index is 2.27. The summed E-state index contributed by atoms with van der Waals surface area (Å²) in [5.41, 5.74) is 3.74. The van der Waals surface area contributed by atoms with Crippen LogP contribution in [0.15, 0.2) is 18.2 Å². The van der Waals surface area contributed by atoms with Gasteiger partial charge in [-0.2, -0.15) is 0 Å². The molecule has 0 radical (unpaired) electrons. The van der Waals surface area contributed by atoms with Gasteiger partial charge in [-0.15, -0.1) is 0 Å². The fourth-order valence-electron chi connectivity index (χ4n) is 2.75. The quantitative estimate of drug-likeness (QED) is 0.780. The van der Waals surface area contributed by atoms with Crippen molar-refractivity contribution in [3.8, 4) is 0 Å². The van der Waals surface area contributed by atoms with E-state index in [2.05, 4.69) is 32.0 Å². The molecule has 0 saturated carbocycles. The SMILES string of the molecule is CCCC[C@@H]1Cc2cc(C)ccc2N1C(C)=O. The fourth-order valence-corrected chi connectivity index (χ4v) is 2.75. The molecule has 0 fully saturated rings. The van der Waals surface area contributed by atoms with Gasteiger partial charge in [-0.3, -0.25) is 4.79 Å². The molecular weight excluding hydrogens is 210 g/mol. The number of aryl methyl sites for hydroxylation is 1. The third-order valence-electron chi connectivity index (χ3n) is 3.55. The highest BCUT2D eigenvalue weighted by molar-refractivity contribution is 5.94. The van der Waals surface area contributed by atoms with Gasteiger partial charge < -0.3 is 4.90 Å². The first-order valence-corrected chi connectivity index (χ1v) is 6.52. The van der Waals surface area contributed by atoms with Crippen molar-refractivity contribution in [2.45, 2.75) is 52.5 Å². The van der Waals surface area contributed by atoms with Crippen LogP contribution < -0.4 is 4.90 Å². The number of nitrogens with zero attached hydrogens (tertiary/aromatic N) is 1. The molecule has 1 heterocycles. The average molecular weight is 231 g/mol. The maximum Gasteiger partial charge on any atom is 0.224 e. The van der Waals surface area contributed by atoms with E-state index in [-0.39, 0.29) is 5.91 Å². The number of fused-ring (bicyclic) bond motifs is 1. The van der Waals surface area contributed by atoms with E-state index in [9.17, 15) is 4.79 Å². The summed E-state index contributed by atoms with van der Waals surface area (Å²) in [7, 11) is 0. The minimum Gasteiger partial charge on any atom is -0.309 e. The summed E-state index contributed by atoms with van der Waals surface area (Å²) >= 11 is 0. The first-order valence-electron chi connectivity index (χ1n) is 6.52. The fraction of sp³-hybridized carbons (Fsp3) is 0.533. The molecule has 1 atom stereocenters. The third-order valence-corrected chi connectivity index (χ3v) is 3.55. The molecule has 17 heavy (non-hydrogen) atoms. The van der Waals surface area contributed by atoms with Gasteiger partial charge in [-0.25, -0.2) is 0 Å². The standard InChI is InChI=1S/C15H21NO/c1-4-5-6-14-10-13-9-11(2)7-8-15(13)16(14)12(3)17/h7-9,14H,4-6,10H2,1-3H3/t14-/m1/s1. The summed E-state index contributed by atoms with van der Waals surface area (Å²) in [6.07, 6.45) is 4.53. The first kappa shape index (κ1) is 12.2. The molecular formula is C15H21NO. The molecule has 92 valence electrons. The smallest absolute Gasteiger partial charge is 0.224 e. The van der Waals surface area contributed by atoms with E-state index in [0.29, 0.717) is 6.04 Å². The van der Waals surface area contributed by atoms with Gasteiger partial charge in [0.25, 0.3) is 0 Å². The monoisotopic (exact) mass is 231 g/mol. The Morgan fingerprint density at radius 3 is 2.88 bits per heavy atom. The van der Waals surface area contributed by atoms with Gasteiger partial charge in [-0.05, 0) is 31.4 Å². The summed E-state index contributed by atoms with van der Waals surface area (Å²) in [6, 6.07) is 6.79. The molecule has 2 heteroatoms. The van der Waals surface area contributed by atoms with Crippen LogP contribution in [0.1, 0.15) is 44.2 Å². The lowest BCUT2D eigenvalue weighted by molar-refractivity contribution is -0.116. The highest BCUT2D eigenvalue weighted by Crippen LogP contribution is 2.34. The summed E-state index contributed by atoms with van der Waals surface area (Å²) in [4.78, 5) is 13.8. The van der Waals surface area contributed by atoms with E-state index in [1.54, 1.807) is 6.92 Å². The number of unbranched alkanes of at least 4 members (excludes halogenated alkanes) is 1. The lowest BCUT2D eigenvalue weighted by atomic mass is 10.0. The molecule has 0 aromatic heterocycles. The van der Waals surface area contributed by atoms with E-state index < -0.39 is 0 Å². The van der Waals surface area contributed by atoms with Crippen molar-refractivity contribution in [3.63, 3.8) is 0 Å². The summed E-state index contributed by atoms with van der Waals surface area (Å²) in [6.45, 7) is 5.98. The second-order valence-corrected chi connectivity index (χ2v) is 5.02. The molecule has 1 amide bonds. The van der Waals surface area contributed by atoms with Crippen LogP contribution >= 0.6 is 0 Å². The molecule has 0 N–H and O–H groups in total. The number of benzene rings is 1. The van der Waals surface area contributed by atoms with Gasteiger partial charge >= 0.3 is 0 Å². The molecule has 1 aliphatic rings. The topological polar surface area (TPSA) is 20.3 Å². The van der Waals surface area contributed by atoms with Crippen LogP contribution in [0.3, 0.4) is 0 Å². The minimum absolute atomic E-state index is 0.175. The maximum atomic E-state index is 11.8. The van der Waals surface area contributed by atoms with Crippen molar-refractivity contribution in [1.82, 2.24) is 0 Å². The number of carbonyl (C=O) groups is 1. The summed E-state index contributed by atoms with van der Waals surface area (Å²) < 4.78 is 0. The Hall–Kier alpha value is -1.31. The first-order chi connectivity index (χ1) is 8.13. The number of hydrogen-bond donors (Lipinski definition) is 0. The van der Waals surface area contributed by atoms with Crippen molar-refractivity contribution < 1.29 is 4.79 Å². The molecule has 2 nitrogen and oxygen atoms in total. The molecule has 1 aliphatic heterocycles. The van der Waals surface area contributed by atoms with Crippen LogP contribution in [0.2, 0.25) is 0 Å². The van der Waals surface area contributed by atoms with Crippen LogP contribution in [0.4, 0.5) is 5.69 Å². The predicted octanol–water partition coefficient (Wildman–Crippen LogP) is 3.46. The van der Waals surface area contributed by atoms with Gasteiger partial charge in [0, 0.05) is 18.7 Å².